The molecule has 3 rings (SSSR count). The molecule has 1 unspecified atom stereocenters. The molecule has 0 spiro atoms. The van der Waals surface area contributed by atoms with E-state index in [9.17, 15) is 14.4 Å². The van der Waals surface area contributed by atoms with Gasteiger partial charge in [0.1, 0.15) is 5.82 Å². The van der Waals surface area contributed by atoms with E-state index in [4.69, 9.17) is 0 Å². The highest BCUT2D eigenvalue weighted by atomic mass is 16.2. The van der Waals surface area contributed by atoms with Crippen LogP contribution in [-0.4, -0.2) is 51.3 Å². The van der Waals surface area contributed by atoms with Crippen LogP contribution in [0.1, 0.15) is 63.1 Å². The van der Waals surface area contributed by atoms with Crippen molar-refractivity contribution in [3.8, 4) is 11.4 Å². The lowest BCUT2D eigenvalue weighted by Crippen LogP contribution is -2.45. The van der Waals surface area contributed by atoms with Gasteiger partial charge in [0.25, 0.3) is 5.56 Å². The zero-order valence-electron chi connectivity index (χ0n) is 19.7. The third-order valence-electron chi connectivity index (χ3n) is 6.24. The summed E-state index contributed by atoms with van der Waals surface area (Å²) in [6.07, 6.45) is 9.96. The number of aryl methyl sites for hydroxylation is 1. The number of nitrogens with one attached hydrogen (secondary N) is 2. The topological polar surface area (TPSA) is 108 Å². The Balaban J connectivity index is 1.53. The number of aromatic amines is 1. The number of carbonyl (C=O) groups is 2. The highest BCUT2D eigenvalue weighted by Gasteiger charge is 2.28. The Hall–Kier alpha value is -3.03. The van der Waals surface area contributed by atoms with Crippen molar-refractivity contribution < 1.29 is 9.59 Å². The first-order valence-electron chi connectivity index (χ1n) is 12.0. The number of unbranched alkanes of at least 4 members (excludes halogenated alkanes) is 3. The predicted octanol–water partition coefficient (Wildman–Crippen LogP) is 3.01. The van der Waals surface area contributed by atoms with E-state index < -0.39 is 0 Å². The van der Waals surface area contributed by atoms with E-state index in [2.05, 4.69) is 27.2 Å². The summed E-state index contributed by atoms with van der Waals surface area (Å²) in [5.41, 5.74) is 1.72. The number of aromatic nitrogens is 3. The number of likely N-dealkylation sites (tertiary alicyclic amines) is 1. The Bertz CT molecular complexity index is 989. The molecule has 1 aliphatic rings. The van der Waals surface area contributed by atoms with Crippen LogP contribution in [0.3, 0.4) is 0 Å². The molecule has 0 saturated carbocycles. The summed E-state index contributed by atoms with van der Waals surface area (Å²) in [5, 5.41) is 3.03. The first-order valence-corrected chi connectivity index (χ1v) is 12.0. The quantitative estimate of drug-likeness (QED) is 0.538. The van der Waals surface area contributed by atoms with Gasteiger partial charge in [-0.25, -0.2) is 4.98 Å². The molecule has 2 amide bonds. The maximum absolute atomic E-state index is 12.8. The van der Waals surface area contributed by atoms with E-state index in [0.29, 0.717) is 43.1 Å². The molecule has 33 heavy (non-hydrogen) atoms. The van der Waals surface area contributed by atoms with Crippen LogP contribution in [0, 0.1) is 12.8 Å². The zero-order chi connectivity index (χ0) is 23.6. The van der Waals surface area contributed by atoms with Crippen molar-refractivity contribution in [1.82, 2.24) is 25.2 Å². The summed E-state index contributed by atoms with van der Waals surface area (Å²) in [6, 6.07) is 3.57. The molecule has 3 heterocycles. The predicted molar refractivity (Wildman–Crippen MR) is 128 cm³/mol. The molecular weight excluding hydrogens is 418 g/mol. The summed E-state index contributed by atoms with van der Waals surface area (Å²) in [7, 11) is 0. The van der Waals surface area contributed by atoms with E-state index in [1.165, 1.54) is 12.8 Å². The molecular formula is C25H35N5O3. The molecule has 1 fully saturated rings. The largest absolute Gasteiger partial charge is 0.356 e. The Labute approximate surface area is 195 Å². The Morgan fingerprint density at radius 1 is 1.21 bits per heavy atom. The van der Waals surface area contributed by atoms with Gasteiger partial charge < -0.3 is 15.2 Å². The highest BCUT2D eigenvalue weighted by Crippen LogP contribution is 2.19. The highest BCUT2D eigenvalue weighted by molar-refractivity contribution is 5.81. The van der Waals surface area contributed by atoms with E-state index in [-0.39, 0.29) is 29.7 Å². The summed E-state index contributed by atoms with van der Waals surface area (Å²) < 4.78 is 0. The minimum absolute atomic E-state index is 0.0209. The molecule has 8 heteroatoms. The van der Waals surface area contributed by atoms with Gasteiger partial charge in [0.05, 0.1) is 5.92 Å². The van der Waals surface area contributed by atoms with E-state index in [1.54, 1.807) is 36.4 Å². The summed E-state index contributed by atoms with van der Waals surface area (Å²) >= 11 is 0. The standard InChI is InChI=1S/C25H35N5O3/c1-3-4-5-6-13-27-24(32)20-8-7-16-30(17-20)22(31)10-9-21-18(2)28-23(29-25(21)33)19-11-14-26-15-12-19/h11-12,14-15,20H,3-10,13,16-17H2,1-2H3,(H,27,32)(H,28,29,33). The minimum Gasteiger partial charge on any atom is -0.356 e. The molecule has 0 radical (unpaired) electrons. The molecule has 8 nitrogen and oxygen atoms in total. The molecule has 0 aliphatic carbocycles. The van der Waals surface area contributed by atoms with Crippen LogP contribution in [0.2, 0.25) is 0 Å². The minimum atomic E-state index is -0.221. The normalized spacial score (nSPS) is 15.9. The SMILES string of the molecule is CCCCCCNC(=O)C1CCCN(C(=O)CCc2c(C)nc(-c3ccncc3)[nH]c2=O)C1. The molecule has 178 valence electrons. The van der Waals surface area contributed by atoms with Crippen molar-refractivity contribution in [1.29, 1.82) is 0 Å². The first kappa shape index (κ1) is 24.6. The van der Waals surface area contributed by atoms with Gasteiger partial charge in [0, 0.05) is 55.3 Å². The second-order valence-corrected chi connectivity index (χ2v) is 8.74. The number of nitrogens with zero attached hydrogens (tertiary/aromatic N) is 3. The fraction of sp³-hybridized carbons (Fsp3) is 0.560. The molecule has 2 N–H and O–H groups in total. The van der Waals surface area contributed by atoms with Crippen molar-refractivity contribution in [3.63, 3.8) is 0 Å². The van der Waals surface area contributed by atoms with Gasteiger partial charge in [0.15, 0.2) is 0 Å². The number of carbonyl (C=O) groups excluding carboxylic acids is 2. The van der Waals surface area contributed by atoms with Crippen molar-refractivity contribution in [2.75, 3.05) is 19.6 Å². The third-order valence-corrected chi connectivity index (χ3v) is 6.24. The number of H-pyrrole nitrogens is 1. The number of amides is 2. The van der Waals surface area contributed by atoms with Crippen LogP contribution in [0.15, 0.2) is 29.3 Å². The van der Waals surface area contributed by atoms with E-state index in [0.717, 1.165) is 31.2 Å². The lowest BCUT2D eigenvalue weighted by atomic mass is 9.96. The molecule has 1 atom stereocenters. The first-order chi connectivity index (χ1) is 16.0. The van der Waals surface area contributed by atoms with Crippen LogP contribution in [-0.2, 0) is 16.0 Å². The van der Waals surface area contributed by atoms with Crippen LogP contribution < -0.4 is 10.9 Å². The molecule has 1 aliphatic heterocycles. The van der Waals surface area contributed by atoms with Crippen molar-refractivity contribution >= 4 is 11.8 Å². The Morgan fingerprint density at radius 3 is 2.73 bits per heavy atom. The fourth-order valence-electron chi connectivity index (χ4n) is 4.27. The number of pyridine rings is 1. The molecule has 2 aromatic heterocycles. The molecule has 1 saturated heterocycles. The maximum Gasteiger partial charge on any atom is 0.254 e. The van der Waals surface area contributed by atoms with Gasteiger partial charge in [0.2, 0.25) is 11.8 Å². The zero-order valence-corrected chi connectivity index (χ0v) is 19.7. The lowest BCUT2D eigenvalue weighted by molar-refractivity contribution is -0.135. The monoisotopic (exact) mass is 453 g/mol. The van der Waals surface area contributed by atoms with Crippen LogP contribution in [0.5, 0.6) is 0 Å². The maximum atomic E-state index is 12.8. The van der Waals surface area contributed by atoms with E-state index in [1.807, 2.05) is 0 Å². The average molecular weight is 454 g/mol. The molecule has 0 bridgehead atoms. The number of piperidine rings is 1. The molecule has 0 aromatic carbocycles. The number of rotatable bonds is 10. The van der Waals surface area contributed by atoms with Gasteiger partial charge in [-0.1, -0.05) is 26.2 Å². The van der Waals surface area contributed by atoms with Gasteiger partial charge >= 0.3 is 0 Å². The summed E-state index contributed by atoms with van der Waals surface area (Å²) in [5.74, 6) is 0.370. The van der Waals surface area contributed by atoms with Crippen LogP contribution >= 0.6 is 0 Å². The average Bonchev–Trinajstić information content (AvgIpc) is 2.83. The van der Waals surface area contributed by atoms with Gasteiger partial charge in [-0.05, 0) is 44.7 Å². The Kier molecular flexibility index (Phi) is 9.15. The van der Waals surface area contributed by atoms with Crippen molar-refractivity contribution in [2.24, 2.45) is 5.92 Å². The number of hydrogen-bond donors (Lipinski definition) is 2. The second kappa shape index (κ2) is 12.3. The lowest BCUT2D eigenvalue weighted by Gasteiger charge is -2.32. The third kappa shape index (κ3) is 6.97. The van der Waals surface area contributed by atoms with Gasteiger partial charge in [-0.2, -0.15) is 0 Å². The van der Waals surface area contributed by atoms with Crippen molar-refractivity contribution in [3.05, 3.63) is 46.1 Å². The fourth-order valence-corrected chi connectivity index (χ4v) is 4.27. The van der Waals surface area contributed by atoms with Gasteiger partial charge in [-0.15, -0.1) is 0 Å². The van der Waals surface area contributed by atoms with Gasteiger partial charge in [-0.3, -0.25) is 19.4 Å². The van der Waals surface area contributed by atoms with Crippen LogP contribution in [0.25, 0.3) is 11.4 Å². The summed E-state index contributed by atoms with van der Waals surface area (Å²) in [4.78, 5) is 51.1. The number of hydrogen-bond acceptors (Lipinski definition) is 5. The van der Waals surface area contributed by atoms with Crippen molar-refractivity contribution in [2.45, 2.75) is 65.2 Å². The second-order valence-electron chi connectivity index (χ2n) is 8.74. The Morgan fingerprint density at radius 2 is 2.00 bits per heavy atom. The smallest absolute Gasteiger partial charge is 0.254 e. The van der Waals surface area contributed by atoms with Crippen LogP contribution in [0.4, 0.5) is 0 Å². The van der Waals surface area contributed by atoms with E-state index >= 15 is 0 Å². The molecule has 2 aromatic rings. The summed E-state index contributed by atoms with van der Waals surface area (Å²) in [6.45, 7) is 5.77.